The summed E-state index contributed by atoms with van der Waals surface area (Å²) >= 11 is 0. The lowest BCUT2D eigenvalue weighted by molar-refractivity contribution is -0.139. The van der Waals surface area contributed by atoms with Gasteiger partial charge in [0.25, 0.3) is 10.2 Å². The number of nitrogens with two attached hydrogens (primary N) is 1. The quantitative estimate of drug-likeness (QED) is 0.737. The lowest BCUT2D eigenvalue weighted by Gasteiger charge is -2.39. The molecule has 0 aromatic rings. The first-order chi connectivity index (χ1) is 12.8. The monoisotopic (exact) mass is 400 g/mol. The number of hydrogen-bond acceptors (Lipinski definition) is 4. The average molecular weight is 401 g/mol. The Balaban J connectivity index is 1.59. The fraction of sp³-hybridized carbons (Fsp3) is 0.889. The van der Waals surface area contributed by atoms with Crippen LogP contribution in [0, 0.1) is 17.8 Å². The van der Waals surface area contributed by atoms with E-state index in [0.29, 0.717) is 57.9 Å². The van der Waals surface area contributed by atoms with Crippen LogP contribution in [0.3, 0.4) is 0 Å². The maximum atomic E-state index is 13.0. The van der Waals surface area contributed by atoms with Gasteiger partial charge in [-0.3, -0.25) is 9.59 Å². The zero-order valence-corrected chi connectivity index (χ0v) is 17.0. The molecular formula is C18H32N4O4S. The molecule has 0 aliphatic carbocycles. The zero-order valence-electron chi connectivity index (χ0n) is 16.2. The van der Waals surface area contributed by atoms with Gasteiger partial charge in [0, 0.05) is 45.2 Å². The molecule has 154 valence electrons. The number of piperidine rings is 3. The summed E-state index contributed by atoms with van der Waals surface area (Å²) in [6.07, 6.45) is 4.41. The molecule has 3 heterocycles. The fourth-order valence-corrected chi connectivity index (χ4v) is 6.10. The van der Waals surface area contributed by atoms with Crippen LogP contribution in [0.1, 0.15) is 45.4 Å². The van der Waals surface area contributed by atoms with Crippen molar-refractivity contribution in [2.75, 3.05) is 39.3 Å². The number of rotatable bonds is 4. The Morgan fingerprint density at radius 1 is 0.852 bits per heavy atom. The van der Waals surface area contributed by atoms with Crippen LogP contribution >= 0.6 is 0 Å². The summed E-state index contributed by atoms with van der Waals surface area (Å²) < 4.78 is 29.1. The summed E-state index contributed by atoms with van der Waals surface area (Å²) in [7, 11) is -3.49. The first kappa shape index (κ1) is 20.5. The Kier molecular flexibility index (Phi) is 6.43. The molecule has 0 aromatic carbocycles. The molecule has 3 aliphatic rings. The van der Waals surface area contributed by atoms with Gasteiger partial charge in [-0.1, -0.05) is 6.92 Å². The van der Waals surface area contributed by atoms with Gasteiger partial charge in [-0.25, -0.2) is 0 Å². The predicted molar refractivity (Wildman–Crippen MR) is 102 cm³/mol. The summed E-state index contributed by atoms with van der Waals surface area (Å²) in [4.78, 5) is 26.0. The van der Waals surface area contributed by atoms with Crippen LogP contribution in [0.5, 0.6) is 0 Å². The van der Waals surface area contributed by atoms with Crippen molar-refractivity contribution in [3.63, 3.8) is 0 Å². The van der Waals surface area contributed by atoms with Crippen LogP contribution < -0.4 is 5.73 Å². The van der Waals surface area contributed by atoms with Crippen molar-refractivity contribution in [2.45, 2.75) is 45.4 Å². The van der Waals surface area contributed by atoms with Crippen LogP contribution in [0.25, 0.3) is 0 Å². The molecular weight excluding hydrogens is 368 g/mol. The minimum Gasteiger partial charge on any atom is -0.369 e. The summed E-state index contributed by atoms with van der Waals surface area (Å²) in [5, 5.41) is 0. The lowest BCUT2D eigenvalue weighted by atomic mass is 9.93. The van der Waals surface area contributed by atoms with E-state index in [1.807, 2.05) is 0 Å². The Labute approximate surface area is 162 Å². The SMILES string of the molecule is CC1CCN(S(=O)(=O)N2CCC[C@@H](C(=O)N3CCC(C(N)=O)CC3)C2)CC1. The van der Waals surface area contributed by atoms with Crippen LogP contribution in [0.15, 0.2) is 0 Å². The maximum absolute atomic E-state index is 13.0. The fourth-order valence-electron chi connectivity index (χ4n) is 4.38. The van der Waals surface area contributed by atoms with E-state index < -0.39 is 10.2 Å². The Hall–Kier alpha value is -1.19. The van der Waals surface area contributed by atoms with E-state index in [2.05, 4.69) is 6.92 Å². The first-order valence-corrected chi connectivity index (χ1v) is 11.5. The van der Waals surface area contributed by atoms with Crippen LogP contribution in [-0.2, 0) is 19.8 Å². The highest BCUT2D eigenvalue weighted by Crippen LogP contribution is 2.27. The van der Waals surface area contributed by atoms with Crippen LogP contribution in [0.4, 0.5) is 0 Å². The van der Waals surface area contributed by atoms with Gasteiger partial charge in [-0.05, 0) is 44.4 Å². The number of nitrogens with zero attached hydrogens (tertiary/aromatic N) is 3. The first-order valence-electron chi connectivity index (χ1n) is 10.1. The van der Waals surface area contributed by atoms with Crippen LogP contribution in [-0.4, -0.2) is 73.0 Å². The van der Waals surface area contributed by atoms with E-state index in [0.717, 1.165) is 19.3 Å². The van der Waals surface area contributed by atoms with Gasteiger partial charge in [-0.2, -0.15) is 17.0 Å². The Morgan fingerprint density at radius 2 is 1.48 bits per heavy atom. The molecule has 3 aliphatic heterocycles. The molecule has 0 unspecified atom stereocenters. The number of hydrogen-bond donors (Lipinski definition) is 1. The van der Waals surface area contributed by atoms with Crippen molar-refractivity contribution >= 4 is 22.0 Å². The van der Waals surface area contributed by atoms with E-state index in [9.17, 15) is 18.0 Å². The minimum atomic E-state index is -3.49. The largest absolute Gasteiger partial charge is 0.369 e. The molecule has 3 rings (SSSR count). The van der Waals surface area contributed by atoms with Crippen molar-refractivity contribution in [2.24, 2.45) is 23.5 Å². The topological polar surface area (TPSA) is 104 Å². The number of carbonyl (C=O) groups is 2. The van der Waals surface area contributed by atoms with Gasteiger partial charge >= 0.3 is 0 Å². The molecule has 0 saturated carbocycles. The number of carbonyl (C=O) groups excluding carboxylic acids is 2. The minimum absolute atomic E-state index is 0.0186. The maximum Gasteiger partial charge on any atom is 0.281 e. The molecule has 2 N–H and O–H groups in total. The smallest absolute Gasteiger partial charge is 0.281 e. The van der Waals surface area contributed by atoms with Gasteiger partial charge in [-0.15, -0.1) is 0 Å². The molecule has 3 fully saturated rings. The Bertz CT molecular complexity index is 652. The van der Waals surface area contributed by atoms with E-state index in [1.165, 1.54) is 4.31 Å². The van der Waals surface area contributed by atoms with Crippen molar-refractivity contribution in [1.29, 1.82) is 0 Å². The number of likely N-dealkylation sites (tertiary alicyclic amines) is 1. The second-order valence-corrected chi connectivity index (χ2v) is 10.2. The van der Waals surface area contributed by atoms with Crippen molar-refractivity contribution in [3.8, 4) is 0 Å². The van der Waals surface area contributed by atoms with Crippen molar-refractivity contribution in [1.82, 2.24) is 13.5 Å². The van der Waals surface area contributed by atoms with Crippen molar-refractivity contribution < 1.29 is 18.0 Å². The number of primary amides is 1. The Morgan fingerprint density at radius 3 is 2.07 bits per heavy atom. The second kappa shape index (κ2) is 8.45. The molecule has 8 nitrogen and oxygen atoms in total. The summed E-state index contributed by atoms with van der Waals surface area (Å²) in [6.45, 7) is 5.10. The molecule has 27 heavy (non-hydrogen) atoms. The third-order valence-corrected chi connectivity index (χ3v) is 8.34. The second-order valence-electron chi connectivity index (χ2n) is 8.29. The van der Waals surface area contributed by atoms with Gasteiger partial charge in [0.2, 0.25) is 11.8 Å². The highest BCUT2D eigenvalue weighted by atomic mass is 32.2. The highest BCUT2D eigenvalue weighted by Gasteiger charge is 2.38. The van der Waals surface area contributed by atoms with Gasteiger partial charge in [0.15, 0.2) is 0 Å². The van der Waals surface area contributed by atoms with E-state index in [-0.39, 0.29) is 30.2 Å². The molecule has 9 heteroatoms. The van der Waals surface area contributed by atoms with E-state index in [4.69, 9.17) is 5.73 Å². The van der Waals surface area contributed by atoms with Crippen LogP contribution in [0.2, 0.25) is 0 Å². The van der Waals surface area contributed by atoms with Gasteiger partial charge in [0.1, 0.15) is 0 Å². The third kappa shape index (κ3) is 4.63. The van der Waals surface area contributed by atoms with E-state index >= 15 is 0 Å². The molecule has 2 amide bonds. The molecule has 1 atom stereocenters. The standard InChI is InChI=1S/C18H32N4O4S/c1-14-4-11-21(12-5-14)27(25,26)22-8-2-3-16(13-22)18(24)20-9-6-15(7-10-20)17(19)23/h14-16H,2-13H2,1H3,(H2,19,23)/t16-/m1/s1. The third-order valence-electron chi connectivity index (χ3n) is 6.34. The number of amides is 2. The molecule has 0 radical (unpaired) electrons. The normalized spacial score (nSPS) is 27.6. The zero-order chi connectivity index (χ0) is 19.6. The molecule has 0 bridgehead atoms. The van der Waals surface area contributed by atoms with Gasteiger partial charge < -0.3 is 10.6 Å². The average Bonchev–Trinajstić information content (AvgIpc) is 2.68. The predicted octanol–water partition coefficient (Wildman–Crippen LogP) is 0.399. The summed E-state index contributed by atoms with van der Waals surface area (Å²) in [6, 6.07) is 0. The van der Waals surface area contributed by atoms with Gasteiger partial charge in [0.05, 0.1) is 5.92 Å². The molecule has 0 aromatic heterocycles. The highest BCUT2D eigenvalue weighted by molar-refractivity contribution is 7.86. The molecule has 0 spiro atoms. The van der Waals surface area contributed by atoms with E-state index in [1.54, 1.807) is 9.21 Å². The van der Waals surface area contributed by atoms with Crippen molar-refractivity contribution in [3.05, 3.63) is 0 Å². The summed E-state index contributed by atoms with van der Waals surface area (Å²) in [5.41, 5.74) is 5.36. The summed E-state index contributed by atoms with van der Waals surface area (Å²) in [5.74, 6) is -0.158. The molecule has 3 saturated heterocycles. The lowest BCUT2D eigenvalue weighted by Crippen LogP contribution is -2.53.